The van der Waals surface area contributed by atoms with Gasteiger partial charge in [0.2, 0.25) is 17.7 Å². The van der Waals surface area contributed by atoms with Gasteiger partial charge in [-0.2, -0.15) is 0 Å². The number of halogens is 1. The molecule has 0 radical (unpaired) electrons. The number of nitrogens with zero attached hydrogens (tertiary/aromatic N) is 1. The summed E-state index contributed by atoms with van der Waals surface area (Å²) in [5.74, 6) is -1.67. The first kappa shape index (κ1) is 24.2. The van der Waals surface area contributed by atoms with Crippen molar-refractivity contribution in [3.05, 3.63) is 73.1 Å². The van der Waals surface area contributed by atoms with Gasteiger partial charge in [0.05, 0.1) is 16.9 Å². The number of aromatic amines is 1. The van der Waals surface area contributed by atoms with Crippen molar-refractivity contribution in [1.82, 2.24) is 9.88 Å². The van der Waals surface area contributed by atoms with Crippen LogP contribution in [0.3, 0.4) is 0 Å². The number of hydrogen-bond donors (Lipinski definition) is 3. The van der Waals surface area contributed by atoms with Crippen molar-refractivity contribution in [2.24, 2.45) is 29.6 Å². The molecule has 2 saturated carbocycles. The molecule has 2 aromatic carbocycles. The van der Waals surface area contributed by atoms with Crippen LogP contribution in [-0.2, 0) is 14.4 Å². The molecule has 3 amide bonds. The Morgan fingerprint density at radius 3 is 2.42 bits per heavy atom. The van der Waals surface area contributed by atoms with Crippen molar-refractivity contribution in [3.8, 4) is 5.75 Å². The Hall–Kier alpha value is -2.89. The number of nitrogens with one attached hydrogen (secondary N) is 2. The second-order valence-electron chi connectivity index (χ2n) is 10.4. The summed E-state index contributed by atoms with van der Waals surface area (Å²) in [6.07, 6.45) is 0.800. The SMILES string of the molecule is O=C(CN1C(=O)C2C3CC(C2C1=O)C1C3Sc2[nH]c(=O)sc2[C@@H]1c1ccc(Br)cc1)Nc1ccc(O)cc1. The maximum Gasteiger partial charge on any atom is 0.305 e. The van der Waals surface area contributed by atoms with Gasteiger partial charge in [0, 0.05) is 26.2 Å². The average Bonchev–Trinajstić information content (AvgIpc) is 3.62. The molecule has 3 aromatic rings. The predicted octanol–water partition coefficient (Wildman–Crippen LogP) is 4.02. The zero-order valence-electron chi connectivity index (χ0n) is 19.8. The Kier molecular flexibility index (Phi) is 5.61. The van der Waals surface area contributed by atoms with E-state index in [1.165, 1.54) is 23.5 Å². The summed E-state index contributed by atoms with van der Waals surface area (Å²) in [6, 6.07) is 14.2. The number of phenolic OH excluding ortho intramolecular Hbond substituents is 1. The number of aromatic nitrogens is 1. The van der Waals surface area contributed by atoms with E-state index >= 15 is 0 Å². The van der Waals surface area contributed by atoms with E-state index in [9.17, 15) is 24.3 Å². The number of anilines is 1. The van der Waals surface area contributed by atoms with Crippen molar-refractivity contribution in [2.75, 3.05) is 11.9 Å². The molecule has 11 heteroatoms. The summed E-state index contributed by atoms with van der Waals surface area (Å²) in [6.45, 7) is -0.329. The first-order chi connectivity index (χ1) is 18.3. The zero-order chi connectivity index (χ0) is 26.3. The van der Waals surface area contributed by atoms with E-state index in [-0.39, 0.29) is 57.9 Å². The second-order valence-corrected chi connectivity index (χ2v) is 13.5. The molecule has 194 valence electrons. The van der Waals surface area contributed by atoms with Gasteiger partial charge in [-0.25, -0.2) is 0 Å². The molecule has 1 aromatic heterocycles. The lowest BCUT2D eigenvalue weighted by molar-refractivity contribution is -0.143. The number of likely N-dealkylation sites (tertiary alicyclic amines) is 1. The second kappa shape index (κ2) is 8.82. The molecule has 8 nitrogen and oxygen atoms in total. The fourth-order valence-electron chi connectivity index (χ4n) is 7.17. The van der Waals surface area contributed by atoms with E-state index in [4.69, 9.17) is 0 Å². The third-order valence-electron chi connectivity index (χ3n) is 8.50. The minimum absolute atomic E-state index is 0.00288. The number of H-pyrrole nitrogens is 1. The predicted molar refractivity (Wildman–Crippen MR) is 146 cm³/mol. The van der Waals surface area contributed by atoms with E-state index in [1.807, 2.05) is 12.1 Å². The molecule has 3 heterocycles. The van der Waals surface area contributed by atoms with Crippen LogP contribution in [0.2, 0.25) is 0 Å². The van der Waals surface area contributed by atoms with Crippen molar-refractivity contribution in [1.29, 1.82) is 0 Å². The quantitative estimate of drug-likeness (QED) is 0.303. The van der Waals surface area contributed by atoms with Crippen molar-refractivity contribution < 1.29 is 19.5 Å². The number of benzene rings is 2. The minimum atomic E-state index is -0.455. The van der Waals surface area contributed by atoms with Crippen LogP contribution in [0.25, 0.3) is 0 Å². The van der Waals surface area contributed by atoms with E-state index < -0.39 is 17.7 Å². The topological polar surface area (TPSA) is 120 Å². The maximum atomic E-state index is 13.7. The number of fused-ring (bicyclic) bond motifs is 9. The Morgan fingerprint density at radius 1 is 1.03 bits per heavy atom. The number of hydrogen-bond acceptors (Lipinski definition) is 7. The molecule has 7 rings (SSSR count). The van der Waals surface area contributed by atoms with Gasteiger partial charge >= 0.3 is 4.87 Å². The summed E-state index contributed by atoms with van der Waals surface area (Å²) in [5, 5.41) is 13.1. The summed E-state index contributed by atoms with van der Waals surface area (Å²) in [4.78, 5) is 57.4. The number of rotatable bonds is 4. The van der Waals surface area contributed by atoms with Crippen LogP contribution in [-0.4, -0.2) is 44.5 Å². The molecule has 4 aliphatic rings. The third-order valence-corrected chi connectivity index (χ3v) is 11.6. The van der Waals surface area contributed by atoms with Gasteiger partial charge in [0.1, 0.15) is 12.3 Å². The van der Waals surface area contributed by atoms with E-state index in [1.54, 1.807) is 23.9 Å². The Bertz CT molecular complexity index is 1540. The number of thioether (sulfide) groups is 1. The van der Waals surface area contributed by atoms with Crippen LogP contribution in [0.4, 0.5) is 5.69 Å². The number of aromatic hydroxyl groups is 1. The van der Waals surface area contributed by atoms with Gasteiger partial charge in [0.25, 0.3) is 0 Å². The van der Waals surface area contributed by atoms with Gasteiger partial charge < -0.3 is 15.4 Å². The molecule has 38 heavy (non-hydrogen) atoms. The highest BCUT2D eigenvalue weighted by Gasteiger charge is 2.69. The standard InChI is InChI=1S/C27H22BrN3O5S2/c28-12-3-1-11(2-4-12)18-19-15-9-16(22(19)37-24-23(18)38-27(36)30-24)21-20(15)25(34)31(26(21)35)10-17(33)29-13-5-7-14(32)8-6-13/h1-8,15-16,18-22,32H,9-10H2,(H,29,33)(H,30,36)/t15?,16?,18-,19?,20?,21?,22?/m1/s1. The number of phenols is 1. The number of thiazole rings is 1. The summed E-state index contributed by atoms with van der Waals surface area (Å²) in [7, 11) is 0. The Balaban J connectivity index is 1.19. The minimum Gasteiger partial charge on any atom is -0.508 e. The normalized spacial score (nSPS) is 30.8. The Labute approximate surface area is 234 Å². The van der Waals surface area contributed by atoms with Crippen molar-refractivity contribution in [2.45, 2.75) is 22.6 Å². The number of carbonyl (C=O) groups is 3. The third kappa shape index (κ3) is 3.62. The van der Waals surface area contributed by atoms with Gasteiger partial charge in [-0.3, -0.25) is 24.1 Å². The molecule has 3 fully saturated rings. The molecule has 1 saturated heterocycles. The van der Waals surface area contributed by atoms with Crippen molar-refractivity contribution in [3.63, 3.8) is 0 Å². The zero-order valence-corrected chi connectivity index (χ0v) is 23.0. The van der Waals surface area contributed by atoms with Gasteiger partial charge in [0.15, 0.2) is 0 Å². The van der Waals surface area contributed by atoms with Gasteiger partial charge in [-0.05, 0) is 66.1 Å². The monoisotopic (exact) mass is 611 g/mol. The Morgan fingerprint density at radius 2 is 1.71 bits per heavy atom. The highest BCUT2D eigenvalue weighted by atomic mass is 79.9. The molecule has 2 aliphatic carbocycles. The van der Waals surface area contributed by atoms with E-state index in [0.717, 1.165) is 31.3 Å². The van der Waals surface area contributed by atoms with Crippen LogP contribution in [0.1, 0.15) is 22.8 Å². The maximum absolute atomic E-state index is 13.7. The van der Waals surface area contributed by atoms with Crippen LogP contribution in [0, 0.1) is 29.6 Å². The smallest absolute Gasteiger partial charge is 0.305 e. The highest BCUT2D eigenvalue weighted by molar-refractivity contribution is 9.10. The molecule has 0 spiro atoms. The average molecular weight is 613 g/mol. The number of imide groups is 1. The fourth-order valence-corrected chi connectivity index (χ4v) is 10.3. The van der Waals surface area contributed by atoms with Gasteiger partial charge in [-0.15, -0.1) is 11.8 Å². The summed E-state index contributed by atoms with van der Waals surface area (Å²) < 4.78 is 0.969. The molecular formula is C27H22BrN3O5S2. The van der Waals surface area contributed by atoms with Crippen LogP contribution >= 0.6 is 39.0 Å². The lowest BCUT2D eigenvalue weighted by Gasteiger charge is -2.43. The first-order valence-electron chi connectivity index (χ1n) is 12.4. The molecular weight excluding hydrogens is 590 g/mol. The lowest BCUT2D eigenvalue weighted by atomic mass is 9.68. The highest BCUT2D eigenvalue weighted by Crippen LogP contribution is 2.68. The van der Waals surface area contributed by atoms with Crippen LogP contribution in [0.5, 0.6) is 5.75 Å². The number of amides is 3. The molecule has 2 bridgehead atoms. The van der Waals surface area contributed by atoms with Crippen molar-refractivity contribution >= 4 is 62.4 Å². The fraction of sp³-hybridized carbons (Fsp3) is 0.333. The van der Waals surface area contributed by atoms with E-state index in [2.05, 4.69) is 38.4 Å². The van der Waals surface area contributed by atoms with Crippen LogP contribution in [0.15, 0.2) is 62.8 Å². The largest absolute Gasteiger partial charge is 0.508 e. The molecule has 7 atom stereocenters. The van der Waals surface area contributed by atoms with Crippen LogP contribution < -0.4 is 10.2 Å². The summed E-state index contributed by atoms with van der Waals surface area (Å²) >= 11 is 6.39. The van der Waals surface area contributed by atoms with E-state index in [0.29, 0.717) is 5.69 Å². The lowest BCUT2D eigenvalue weighted by Crippen LogP contribution is -2.42. The first-order valence-corrected chi connectivity index (χ1v) is 14.9. The van der Waals surface area contributed by atoms with Gasteiger partial charge in [-0.1, -0.05) is 39.4 Å². The molecule has 6 unspecified atom stereocenters. The number of carbonyl (C=O) groups excluding carboxylic acids is 3. The summed E-state index contributed by atoms with van der Waals surface area (Å²) in [5.41, 5.74) is 1.58. The molecule has 2 aliphatic heterocycles. The molecule has 3 N–H and O–H groups in total.